The van der Waals surface area contributed by atoms with Gasteiger partial charge in [-0.2, -0.15) is 5.10 Å². The molecule has 2 aromatic heterocycles. The third-order valence-electron chi connectivity index (χ3n) is 3.45. The average Bonchev–Trinajstić information content (AvgIpc) is 2.68. The monoisotopic (exact) mass is 303 g/mol. The predicted octanol–water partition coefficient (Wildman–Crippen LogP) is 1.72. The summed E-state index contributed by atoms with van der Waals surface area (Å²) in [6, 6.07) is 5.10. The molecule has 0 saturated carbocycles. The fraction of sp³-hybridized carbons (Fsp3) is 0.214. The Hall–Kier alpha value is -2.34. The molecule has 0 fully saturated rings. The van der Waals surface area contributed by atoms with Gasteiger partial charge in [0, 0.05) is 18.3 Å². The molecular formula is C14H14ClN5O. The summed E-state index contributed by atoms with van der Waals surface area (Å²) in [7, 11) is 1.76. The van der Waals surface area contributed by atoms with Crippen molar-refractivity contribution in [3.05, 3.63) is 51.3 Å². The van der Waals surface area contributed by atoms with Crippen molar-refractivity contribution in [3.63, 3.8) is 0 Å². The summed E-state index contributed by atoms with van der Waals surface area (Å²) in [6.07, 6.45) is 1.52. The van der Waals surface area contributed by atoms with E-state index in [-0.39, 0.29) is 5.56 Å². The van der Waals surface area contributed by atoms with Crippen molar-refractivity contribution in [2.24, 2.45) is 7.05 Å². The van der Waals surface area contributed by atoms with Gasteiger partial charge in [-0.05, 0) is 25.1 Å². The molecule has 0 atom stereocenters. The molecule has 0 amide bonds. The lowest BCUT2D eigenvalue weighted by Crippen LogP contribution is -2.21. The van der Waals surface area contributed by atoms with Gasteiger partial charge in [0.15, 0.2) is 0 Å². The lowest BCUT2D eigenvalue weighted by atomic mass is 10.2. The molecule has 2 N–H and O–H groups in total. The fourth-order valence-electron chi connectivity index (χ4n) is 2.31. The minimum absolute atomic E-state index is 0.147. The van der Waals surface area contributed by atoms with Crippen molar-refractivity contribution in [2.75, 3.05) is 5.73 Å². The molecule has 108 valence electrons. The minimum Gasteiger partial charge on any atom is -0.399 e. The predicted molar refractivity (Wildman–Crippen MR) is 82.5 cm³/mol. The molecule has 3 rings (SSSR count). The van der Waals surface area contributed by atoms with Crippen LogP contribution in [-0.4, -0.2) is 19.3 Å². The van der Waals surface area contributed by atoms with Crippen LogP contribution in [0.4, 0.5) is 5.69 Å². The minimum atomic E-state index is -0.147. The zero-order valence-corrected chi connectivity index (χ0v) is 12.4. The van der Waals surface area contributed by atoms with Gasteiger partial charge >= 0.3 is 0 Å². The van der Waals surface area contributed by atoms with Crippen molar-refractivity contribution in [2.45, 2.75) is 13.5 Å². The van der Waals surface area contributed by atoms with E-state index in [2.05, 4.69) is 10.1 Å². The fourth-order valence-corrected chi connectivity index (χ4v) is 2.55. The van der Waals surface area contributed by atoms with E-state index in [0.717, 1.165) is 11.3 Å². The van der Waals surface area contributed by atoms with Gasteiger partial charge in [0.05, 0.1) is 29.5 Å². The molecule has 0 saturated heterocycles. The Balaban J connectivity index is 2.13. The standard InChI is InChI=1S/C14H14ClN5O/c1-8-11(13(15)19(2)18-8)6-20-7-17-12-4-3-9(16)5-10(12)14(20)21/h3-5,7H,6,16H2,1-2H3. The van der Waals surface area contributed by atoms with Crippen molar-refractivity contribution in [3.8, 4) is 0 Å². The quantitative estimate of drug-likeness (QED) is 0.731. The second-order valence-corrected chi connectivity index (χ2v) is 5.29. The first kappa shape index (κ1) is 13.6. The summed E-state index contributed by atoms with van der Waals surface area (Å²) in [5.41, 5.74) is 8.36. The maximum absolute atomic E-state index is 12.5. The molecule has 0 aliphatic carbocycles. The van der Waals surface area contributed by atoms with Crippen LogP contribution < -0.4 is 11.3 Å². The third kappa shape index (κ3) is 2.27. The molecule has 0 unspecified atom stereocenters. The van der Waals surface area contributed by atoms with Crippen LogP contribution in [0.25, 0.3) is 10.9 Å². The number of hydrogen-bond acceptors (Lipinski definition) is 4. The van der Waals surface area contributed by atoms with E-state index in [0.29, 0.717) is 28.3 Å². The van der Waals surface area contributed by atoms with Crippen molar-refractivity contribution in [1.29, 1.82) is 0 Å². The molecule has 6 nitrogen and oxygen atoms in total. The van der Waals surface area contributed by atoms with E-state index in [1.54, 1.807) is 29.9 Å². The lowest BCUT2D eigenvalue weighted by Gasteiger charge is -2.07. The van der Waals surface area contributed by atoms with Gasteiger partial charge in [0.25, 0.3) is 5.56 Å². The number of anilines is 1. The highest BCUT2D eigenvalue weighted by molar-refractivity contribution is 6.30. The van der Waals surface area contributed by atoms with Crippen molar-refractivity contribution >= 4 is 28.2 Å². The largest absolute Gasteiger partial charge is 0.399 e. The Morgan fingerprint density at radius 3 is 2.81 bits per heavy atom. The molecule has 0 aliphatic rings. The van der Waals surface area contributed by atoms with Gasteiger partial charge in [0.1, 0.15) is 5.15 Å². The summed E-state index contributed by atoms with van der Waals surface area (Å²) >= 11 is 6.20. The molecular weight excluding hydrogens is 290 g/mol. The molecule has 0 spiro atoms. The number of halogens is 1. The topological polar surface area (TPSA) is 78.7 Å². The first-order valence-corrected chi connectivity index (χ1v) is 6.78. The SMILES string of the molecule is Cc1nn(C)c(Cl)c1Cn1cnc2ccc(N)cc2c1=O. The van der Waals surface area contributed by atoms with Crippen LogP contribution in [0.1, 0.15) is 11.3 Å². The summed E-state index contributed by atoms with van der Waals surface area (Å²) in [5, 5.41) is 5.26. The van der Waals surface area contributed by atoms with Crippen LogP contribution in [0.5, 0.6) is 0 Å². The summed E-state index contributed by atoms with van der Waals surface area (Å²) < 4.78 is 3.10. The van der Waals surface area contributed by atoms with Crippen molar-refractivity contribution in [1.82, 2.24) is 19.3 Å². The summed E-state index contributed by atoms with van der Waals surface area (Å²) in [4.78, 5) is 16.8. The Morgan fingerprint density at radius 1 is 1.38 bits per heavy atom. The third-order valence-corrected chi connectivity index (χ3v) is 3.92. The van der Waals surface area contributed by atoms with Crippen LogP contribution in [0, 0.1) is 6.92 Å². The number of fused-ring (bicyclic) bond motifs is 1. The first-order valence-electron chi connectivity index (χ1n) is 6.40. The smallest absolute Gasteiger partial charge is 0.261 e. The second kappa shape index (κ2) is 4.89. The molecule has 0 radical (unpaired) electrons. The van der Waals surface area contributed by atoms with Crippen LogP contribution in [0.15, 0.2) is 29.3 Å². The van der Waals surface area contributed by atoms with E-state index in [4.69, 9.17) is 17.3 Å². The van der Waals surface area contributed by atoms with Gasteiger partial charge in [0.2, 0.25) is 0 Å². The average molecular weight is 304 g/mol. The summed E-state index contributed by atoms with van der Waals surface area (Å²) in [5.74, 6) is 0. The molecule has 21 heavy (non-hydrogen) atoms. The van der Waals surface area contributed by atoms with E-state index in [1.165, 1.54) is 10.9 Å². The maximum atomic E-state index is 12.5. The zero-order chi connectivity index (χ0) is 15.1. The van der Waals surface area contributed by atoms with Crippen LogP contribution in [0.3, 0.4) is 0 Å². The molecule has 2 heterocycles. The van der Waals surface area contributed by atoms with Crippen molar-refractivity contribution < 1.29 is 0 Å². The van der Waals surface area contributed by atoms with E-state index in [9.17, 15) is 4.79 Å². The Labute approximate surface area is 125 Å². The van der Waals surface area contributed by atoms with Crippen LogP contribution in [0.2, 0.25) is 5.15 Å². The van der Waals surface area contributed by atoms with Gasteiger partial charge in [-0.3, -0.25) is 14.0 Å². The number of aromatic nitrogens is 4. The van der Waals surface area contributed by atoms with E-state index >= 15 is 0 Å². The maximum Gasteiger partial charge on any atom is 0.261 e. The molecule has 3 aromatic rings. The number of benzene rings is 1. The number of rotatable bonds is 2. The second-order valence-electron chi connectivity index (χ2n) is 4.93. The number of nitrogens with two attached hydrogens (primary N) is 1. The zero-order valence-electron chi connectivity index (χ0n) is 11.7. The highest BCUT2D eigenvalue weighted by atomic mass is 35.5. The van der Waals surface area contributed by atoms with E-state index < -0.39 is 0 Å². The first-order chi connectivity index (χ1) is 9.97. The van der Waals surface area contributed by atoms with Gasteiger partial charge < -0.3 is 5.73 Å². The lowest BCUT2D eigenvalue weighted by molar-refractivity contribution is 0.742. The van der Waals surface area contributed by atoms with Gasteiger partial charge in [-0.1, -0.05) is 11.6 Å². The van der Waals surface area contributed by atoms with Gasteiger partial charge in [-0.25, -0.2) is 4.98 Å². The molecule has 7 heteroatoms. The highest BCUT2D eigenvalue weighted by Crippen LogP contribution is 2.19. The number of nitrogen functional groups attached to an aromatic ring is 1. The van der Waals surface area contributed by atoms with Gasteiger partial charge in [-0.15, -0.1) is 0 Å². The van der Waals surface area contributed by atoms with E-state index in [1.807, 2.05) is 6.92 Å². The Bertz CT molecular complexity index is 896. The molecule has 1 aromatic carbocycles. The Morgan fingerprint density at radius 2 is 2.14 bits per heavy atom. The number of aryl methyl sites for hydroxylation is 2. The summed E-state index contributed by atoms with van der Waals surface area (Å²) in [6.45, 7) is 2.19. The number of nitrogens with zero attached hydrogens (tertiary/aromatic N) is 4. The van der Waals surface area contributed by atoms with Crippen LogP contribution in [-0.2, 0) is 13.6 Å². The molecule has 0 bridgehead atoms. The molecule has 0 aliphatic heterocycles. The highest BCUT2D eigenvalue weighted by Gasteiger charge is 2.13. The van der Waals surface area contributed by atoms with Crippen LogP contribution >= 0.6 is 11.6 Å². The number of hydrogen-bond donors (Lipinski definition) is 1. The Kier molecular flexibility index (Phi) is 3.17. The normalized spacial score (nSPS) is 11.2.